The van der Waals surface area contributed by atoms with Crippen molar-refractivity contribution in [2.75, 3.05) is 13.1 Å². The summed E-state index contributed by atoms with van der Waals surface area (Å²) in [5.74, 6) is 0.839. The summed E-state index contributed by atoms with van der Waals surface area (Å²) in [7, 11) is 0. The van der Waals surface area contributed by atoms with Crippen molar-refractivity contribution < 1.29 is 9.53 Å². The van der Waals surface area contributed by atoms with Gasteiger partial charge in [0.2, 0.25) is 0 Å². The smallest absolute Gasteiger partial charge is 0.407 e. The van der Waals surface area contributed by atoms with Gasteiger partial charge in [0.25, 0.3) is 0 Å². The molecule has 19 heavy (non-hydrogen) atoms. The van der Waals surface area contributed by atoms with Crippen molar-refractivity contribution in [2.45, 2.75) is 66.0 Å². The zero-order valence-corrected chi connectivity index (χ0v) is 13.3. The van der Waals surface area contributed by atoms with Crippen molar-refractivity contribution in [3.8, 4) is 0 Å². The first-order valence-corrected chi connectivity index (χ1v) is 7.28. The SMILES string of the molecule is CC(C)(C)OC(=O)NC[C@@H](NCC1CC1)C(C)(C)C. The highest BCUT2D eigenvalue weighted by Gasteiger charge is 2.28. The van der Waals surface area contributed by atoms with Gasteiger partial charge >= 0.3 is 6.09 Å². The molecule has 1 atom stereocenters. The molecule has 1 aliphatic rings. The summed E-state index contributed by atoms with van der Waals surface area (Å²) < 4.78 is 5.26. The molecule has 0 aromatic heterocycles. The van der Waals surface area contributed by atoms with E-state index in [1.165, 1.54) is 12.8 Å². The van der Waals surface area contributed by atoms with E-state index < -0.39 is 5.60 Å². The van der Waals surface area contributed by atoms with Crippen LogP contribution < -0.4 is 10.6 Å². The molecule has 0 aromatic carbocycles. The summed E-state index contributed by atoms with van der Waals surface area (Å²) in [5.41, 5.74) is -0.327. The van der Waals surface area contributed by atoms with Crippen molar-refractivity contribution in [3.63, 3.8) is 0 Å². The Morgan fingerprint density at radius 2 is 1.79 bits per heavy atom. The maximum Gasteiger partial charge on any atom is 0.407 e. The molecule has 0 saturated heterocycles. The van der Waals surface area contributed by atoms with Crippen LogP contribution in [0, 0.1) is 11.3 Å². The fraction of sp³-hybridized carbons (Fsp3) is 0.933. The molecule has 0 heterocycles. The molecule has 0 spiro atoms. The van der Waals surface area contributed by atoms with Crippen LogP contribution in [0.2, 0.25) is 0 Å². The molecule has 1 saturated carbocycles. The second-order valence-electron chi connectivity index (χ2n) is 7.65. The standard InChI is InChI=1S/C15H30N2O2/c1-14(2,3)12(16-9-11-7-8-11)10-17-13(18)19-15(4,5)6/h11-12,16H,7-10H2,1-6H3,(H,17,18)/t12-/m1/s1. The molecule has 1 fully saturated rings. The van der Waals surface area contributed by atoms with Crippen LogP contribution in [0.4, 0.5) is 4.79 Å². The maximum absolute atomic E-state index is 11.7. The minimum atomic E-state index is -0.442. The molecule has 112 valence electrons. The van der Waals surface area contributed by atoms with Gasteiger partial charge in [-0.1, -0.05) is 20.8 Å². The number of nitrogens with one attached hydrogen (secondary N) is 2. The van der Waals surface area contributed by atoms with Crippen molar-refractivity contribution in [1.82, 2.24) is 10.6 Å². The summed E-state index contributed by atoms with van der Waals surface area (Å²) in [6, 6.07) is 0.264. The Bertz CT molecular complexity index is 298. The molecule has 4 nitrogen and oxygen atoms in total. The number of carbonyl (C=O) groups is 1. The number of ether oxygens (including phenoxy) is 1. The van der Waals surface area contributed by atoms with Crippen molar-refractivity contribution >= 4 is 6.09 Å². The van der Waals surface area contributed by atoms with E-state index in [9.17, 15) is 4.79 Å². The van der Waals surface area contributed by atoms with Crippen molar-refractivity contribution in [3.05, 3.63) is 0 Å². The largest absolute Gasteiger partial charge is 0.444 e. The van der Waals surface area contributed by atoms with E-state index in [0.29, 0.717) is 6.54 Å². The third kappa shape index (κ3) is 7.41. The molecule has 4 heteroatoms. The number of hydrogen-bond acceptors (Lipinski definition) is 3. The number of carbonyl (C=O) groups excluding carboxylic acids is 1. The molecular weight excluding hydrogens is 240 g/mol. The molecule has 1 amide bonds. The lowest BCUT2D eigenvalue weighted by Gasteiger charge is -2.32. The van der Waals surface area contributed by atoms with Crippen LogP contribution in [0.25, 0.3) is 0 Å². The summed E-state index contributed by atoms with van der Waals surface area (Å²) >= 11 is 0. The third-order valence-electron chi connectivity index (χ3n) is 3.24. The second-order valence-corrected chi connectivity index (χ2v) is 7.65. The Morgan fingerprint density at radius 3 is 2.21 bits per heavy atom. The van der Waals surface area contributed by atoms with E-state index in [4.69, 9.17) is 4.74 Å². The minimum absolute atomic E-state index is 0.115. The molecular formula is C15H30N2O2. The molecule has 0 unspecified atom stereocenters. The zero-order chi connectivity index (χ0) is 14.7. The molecule has 2 N–H and O–H groups in total. The van der Waals surface area contributed by atoms with Crippen LogP contribution in [0.3, 0.4) is 0 Å². The summed E-state index contributed by atoms with van der Waals surface area (Å²) in [6.45, 7) is 13.8. The molecule has 1 rings (SSSR count). The van der Waals surface area contributed by atoms with Crippen molar-refractivity contribution in [2.24, 2.45) is 11.3 Å². The van der Waals surface area contributed by atoms with Crippen LogP contribution >= 0.6 is 0 Å². The van der Waals surface area contributed by atoms with E-state index >= 15 is 0 Å². The summed E-state index contributed by atoms with van der Waals surface area (Å²) in [4.78, 5) is 11.7. The highest BCUT2D eigenvalue weighted by molar-refractivity contribution is 5.67. The Hall–Kier alpha value is -0.770. The molecule has 1 aliphatic carbocycles. The monoisotopic (exact) mass is 270 g/mol. The van der Waals surface area contributed by atoms with E-state index in [1.54, 1.807) is 0 Å². The topological polar surface area (TPSA) is 50.4 Å². The maximum atomic E-state index is 11.7. The summed E-state index contributed by atoms with van der Waals surface area (Å²) in [6.07, 6.45) is 2.34. The van der Waals surface area contributed by atoms with Gasteiger partial charge in [0.15, 0.2) is 0 Å². The van der Waals surface area contributed by atoms with Gasteiger partial charge in [-0.25, -0.2) is 4.79 Å². The van der Waals surface area contributed by atoms with Crippen LogP contribution in [-0.4, -0.2) is 30.8 Å². The number of hydrogen-bond donors (Lipinski definition) is 2. The lowest BCUT2D eigenvalue weighted by Crippen LogP contribution is -2.49. The van der Waals surface area contributed by atoms with E-state index in [2.05, 4.69) is 31.4 Å². The first kappa shape index (κ1) is 16.3. The Balaban J connectivity index is 2.36. The van der Waals surface area contributed by atoms with Crippen molar-refractivity contribution in [1.29, 1.82) is 0 Å². The average molecular weight is 270 g/mol. The first-order chi connectivity index (χ1) is 8.58. The Labute approximate surface area is 117 Å². The number of alkyl carbamates (subject to hydrolysis) is 1. The lowest BCUT2D eigenvalue weighted by atomic mass is 9.86. The van der Waals surface area contributed by atoms with Crippen LogP contribution in [0.15, 0.2) is 0 Å². The van der Waals surface area contributed by atoms with E-state index in [-0.39, 0.29) is 17.6 Å². The first-order valence-electron chi connectivity index (χ1n) is 7.28. The fourth-order valence-corrected chi connectivity index (χ4v) is 1.82. The fourth-order valence-electron chi connectivity index (χ4n) is 1.82. The van der Waals surface area contributed by atoms with E-state index in [1.807, 2.05) is 20.8 Å². The van der Waals surface area contributed by atoms with E-state index in [0.717, 1.165) is 12.5 Å². The predicted octanol–water partition coefficient (Wildman–Crippen LogP) is 2.93. The quantitative estimate of drug-likeness (QED) is 0.807. The predicted molar refractivity (Wildman–Crippen MR) is 78.2 cm³/mol. The van der Waals surface area contributed by atoms with Gasteiger partial charge < -0.3 is 15.4 Å². The zero-order valence-electron chi connectivity index (χ0n) is 13.3. The molecule has 0 radical (unpaired) electrons. The van der Waals surface area contributed by atoms with Gasteiger partial charge in [0.05, 0.1) is 0 Å². The highest BCUT2D eigenvalue weighted by Crippen LogP contribution is 2.28. The molecule has 0 bridgehead atoms. The Morgan fingerprint density at radius 1 is 1.21 bits per heavy atom. The lowest BCUT2D eigenvalue weighted by molar-refractivity contribution is 0.0513. The molecule has 0 aliphatic heterocycles. The van der Waals surface area contributed by atoms with Gasteiger partial charge in [-0.2, -0.15) is 0 Å². The van der Waals surface area contributed by atoms with Crippen LogP contribution in [-0.2, 0) is 4.74 Å². The third-order valence-corrected chi connectivity index (χ3v) is 3.24. The summed E-state index contributed by atoms with van der Waals surface area (Å²) in [5, 5.41) is 6.44. The van der Waals surface area contributed by atoms with Crippen LogP contribution in [0.1, 0.15) is 54.4 Å². The minimum Gasteiger partial charge on any atom is -0.444 e. The molecule has 0 aromatic rings. The van der Waals surface area contributed by atoms with Gasteiger partial charge in [-0.05, 0) is 51.5 Å². The normalized spacial score (nSPS) is 18.0. The number of rotatable bonds is 5. The van der Waals surface area contributed by atoms with Gasteiger partial charge in [-0.3, -0.25) is 0 Å². The average Bonchev–Trinajstić information content (AvgIpc) is 2.96. The van der Waals surface area contributed by atoms with Crippen LogP contribution in [0.5, 0.6) is 0 Å². The second kappa shape index (κ2) is 6.12. The van der Waals surface area contributed by atoms with Gasteiger partial charge in [0.1, 0.15) is 5.60 Å². The van der Waals surface area contributed by atoms with Gasteiger partial charge in [-0.15, -0.1) is 0 Å². The number of amides is 1. The Kier molecular flexibility index (Phi) is 5.25. The highest BCUT2D eigenvalue weighted by atomic mass is 16.6. The van der Waals surface area contributed by atoms with Gasteiger partial charge in [0, 0.05) is 12.6 Å².